The van der Waals surface area contributed by atoms with Crippen LogP contribution in [0.2, 0.25) is 0 Å². The van der Waals surface area contributed by atoms with E-state index in [1.54, 1.807) is 11.1 Å². The Labute approximate surface area is 317 Å². The topological polar surface area (TPSA) is 8.17 Å². The fourth-order valence-electron chi connectivity index (χ4n) is 12.3. The third-order valence-electron chi connectivity index (χ3n) is 14.0. The predicted octanol–water partition coefficient (Wildman–Crippen LogP) is 13.6. The highest BCUT2D eigenvalue weighted by molar-refractivity contribution is 6.09. The molecule has 7 aromatic carbocycles. The highest BCUT2D eigenvalue weighted by atomic mass is 15.1. The summed E-state index contributed by atoms with van der Waals surface area (Å²) in [6.45, 7) is 0. The Bertz CT molecular complexity index is 2650. The minimum atomic E-state index is 0.111. The Hall–Kier alpha value is -5.86. The van der Waals surface area contributed by atoms with Crippen LogP contribution >= 0.6 is 0 Å². The maximum atomic E-state index is 2.57. The summed E-state index contributed by atoms with van der Waals surface area (Å²) >= 11 is 0. The zero-order chi connectivity index (χ0) is 35.4. The highest BCUT2D eigenvalue weighted by Crippen LogP contribution is 2.70. The Balaban J connectivity index is 1.09. The largest absolute Gasteiger partial charge is 0.309 e. The quantitative estimate of drug-likeness (QED) is 0.174. The normalized spacial score (nSPS) is 23.3. The van der Waals surface area contributed by atoms with Gasteiger partial charge in [-0.05, 0) is 127 Å². The summed E-state index contributed by atoms with van der Waals surface area (Å²) in [7, 11) is 0. The van der Waals surface area contributed by atoms with Crippen molar-refractivity contribution in [2.45, 2.75) is 37.5 Å². The van der Waals surface area contributed by atoms with Gasteiger partial charge in [-0.1, -0.05) is 121 Å². The van der Waals surface area contributed by atoms with Crippen LogP contribution in [0.3, 0.4) is 0 Å². The van der Waals surface area contributed by atoms with Crippen molar-refractivity contribution in [1.82, 2.24) is 4.57 Å². The van der Waals surface area contributed by atoms with Crippen molar-refractivity contribution in [2.24, 2.45) is 23.7 Å². The van der Waals surface area contributed by atoms with Crippen molar-refractivity contribution in [3.8, 4) is 27.9 Å². The van der Waals surface area contributed by atoms with Gasteiger partial charge in [0.2, 0.25) is 0 Å². The lowest BCUT2D eigenvalue weighted by molar-refractivity contribution is -0.0399. The van der Waals surface area contributed by atoms with Crippen LogP contribution in [0.15, 0.2) is 170 Å². The van der Waals surface area contributed by atoms with E-state index in [4.69, 9.17) is 0 Å². The first-order valence-corrected chi connectivity index (χ1v) is 20.0. The summed E-state index contributed by atoms with van der Waals surface area (Å²) in [5.74, 6) is 3.28. The predicted molar refractivity (Wildman–Crippen MR) is 224 cm³/mol. The van der Waals surface area contributed by atoms with Gasteiger partial charge in [0.15, 0.2) is 0 Å². The zero-order valence-electron chi connectivity index (χ0n) is 30.4. The Morgan fingerprint density at radius 2 is 1.00 bits per heavy atom. The van der Waals surface area contributed by atoms with E-state index < -0.39 is 0 Å². The van der Waals surface area contributed by atoms with Crippen LogP contribution in [0.5, 0.6) is 0 Å². The molecule has 4 fully saturated rings. The molecule has 4 bridgehead atoms. The van der Waals surface area contributed by atoms with Crippen molar-refractivity contribution in [3.05, 3.63) is 181 Å². The van der Waals surface area contributed by atoms with Crippen molar-refractivity contribution in [2.75, 3.05) is 4.90 Å². The number of nitrogens with zero attached hydrogens (tertiary/aromatic N) is 2. The zero-order valence-corrected chi connectivity index (χ0v) is 30.4. The van der Waals surface area contributed by atoms with Crippen LogP contribution in [0.25, 0.3) is 49.7 Å². The summed E-state index contributed by atoms with van der Waals surface area (Å²) in [6.07, 6.45) is 7.00. The van der Waals surface area contributed by atoms with Crippen LogP contribution in [-0.2, 0) is 5.41 Å². The second-order valence-electron chi connectivity index (χ2n) is 16.5. The Morgan fingerprint density at radius 1 is 0.444 bits per heavy atom. The van der Waals surface area contributed by atoms with Gasteiger partial charge in [0.1, 0.15) is 0 Å². The van der Waals surface area contributed by atoms with Crippen LogP contribution in [-0.4, -0.2) is 4.57 Å². The molecule has 0 atom stereocenters. The van der Waals surface area contributed by atoms with Crippen molar-refractivity contribution >= 4 is 38.9 Å². The van der Waals surface area contributed by atoms with E-state index >= 15 is 0 Å². The van der Waals surface area contributed by atoms with E-state index in [0.717, 1.165) is 23.7 Å². The fraction of sp³-hybridized carbons (Fsp3) is 0.192. The minimum absolute atomic E-state index is 0.111. The van der Waals surface area contributed by atoms with Gasteiger partial charge in [-0.3, -0.25) is 0 Å². The lowest BCUT2D eigenvalue weighted by Gasteiger charge is -2.61. The monoisotopic (exact) mass is 694 g/mol. The number of para-hydroxylation sites is 3. The van der Waals surface area contributed by atoms with Crippen LogP contribution in [0.1, 0.15) is 43.2 Å². The second kappa shape index (κ2) is 11.6. The summed E-state index contributed by atoms with van der Waals surface area (Å²) < 4.78 is 2.42. The van der Waals surface area contributed by atoms with Crippen LogP contribution in [0, 0.1) is 23.7 Å². The first-order chi connectivity index (χ1) is 26.8. The van der Waals surface area contributed by atoms with Crippen molar-refractivity contribution < 1.29 is 0 Å². The van der Waals surface area contributed by atoms with Gasteiger partial charge in [0, 0.05) is 38.7 Å². The van der Waals surface area contributed by atoms with E-state index in [-0.39, 0.29) is 5.41 Å². The first-order valence-electron chi connectivity index (χ1n) is 20.0. The SMILES string of the molecule is c1ccc(-c2ccccc2N(c2ccc(-n3c4ccccc4c4ccccc43)cc2)c2cccc3c2-c2ccccc2C32C3CC4CC(C3)CC2C4)cc1. The van der Waals surface area contributed by atoms with Gasteiger partial charge in [-0.25, -0.2) is 0 Å². The van der Waals surface area contributed by atoms with Gasteiger partial charge in [-0.2, -0.15) is 0 Å². The number of rotatable bonds is 5. The Kier molecular flexibility index (Phi) is 6.55. The molecule has 2 heteroatoms. The van der Waals surface area contributed by atoms with Crippen molar-refractivity contribution in [3.63, 3.8) is 0 Å². The van der Waals surface area contributed by atoms with Gasteiger partial charge in [0.25, 0.3) is 0 Å². The molecule has 0 aliphatic heterocycles. The van der Waals surface area contributed by atoms with Gasteiger partial charge in [0.05, 0.1) is 22.4 Å². The maximum Gasteiger partial charge on any atom is 0.0543 e. The van der Waals surface area contributed by atoms with E-state index in [1.165, 1.54) is 98.9 Å². The summed E-state index contributed by atoms with van der Waals surface area (Å²) in [4.78, 5) is 2.57. The van der Waals surface area contributed by atoms with Crippen molar-refractivity contribution in [1.29, 1.82) is 0 Å². The molecule has 0 N–H and O–H groups in total. The molecule has 5 aliphatic rings. The Morgan fingerprint density at radius 3 is 1.70 bits per heavy atom. The molecule has 5 aliphatic carbocycles. The maximum absolute atomic E-state index is 2.57. The molecule has 13 rings (SSSR count). The molecule has 2 nitrogen and oxygen atoms in total. The first kappa shape index (κ1) is 30.6. The van der Waals surface area contributed by atoms with Gasteiger partial charge >= 0.3 is 0 Å². The fourth-order valence-corrected chi connectivity index (χ4v) is 12.3. The third-order valence-corrected chi connectivity index (χ3v) is 14.0. The molecule has 0 saturated heterocycles. The molecular weight excluding hydrogens is 653 g/mol. The lowest BCUT2D eigenvalue weighted by Crippen LogP contribution is -2.55. The molecule has 4 saturated carbocycles. The molecular formula is C52H42N2. The average molecular weight is 695 g/mol. The van der Waals surface area contributed by atoms with E-state index in [1.807, 2.05) is 0 Å². The van der Waals surface area contributed by atoms with E-state index in [2.05, 4.69) is 179 Å². The summed E-state index contributed by atoms with van der Waals surface area (Å²) in [5, 5.41) is 2.57. The molecule has 1 spiro atoms. The van der Waals surface area contributed by atoms with E-state index in [0.29, 0.717) is 0 Å². The molecule has 0 radical (unpaired) electrons. The number of hydrogen-bond acceptors (Lipinski definition) is 1. The average Bonchev–Trinajstić information content (AvgIpc) is 3.72. The van der Waals surface area contributed by atoms with Crippen LogP contribution in [0.4, 0.5) is 17.1 Å². The molecule has 8 aromatic rings. The molecule has 0 unspecified atom stereocenters. The molecule has 0 amide bonds. The molecule has 54 heavy (non-hydrogen) atoms. The van der Waals surface area contributed by atoms with Gasteiger partial charge < -0.3 is 9.47 Å². The lowest BCUT2D eigenvalue weighted by atomic mass is 9.43. The molecule has 1 heterocycles. The number of anilines is 3. The standard InChI is InChI=1S/C52H42N2/c1-2-13-36(14-3-1)41-15-5-9-21-47(41)54(40-27-25-39(26-28-40)53-48-22-10-6-16-42(48)43-17-7-11-23-49(43)53)50-24-12-20-46-51(50)44-18-4-8-19-45(44)52(46)37-30-34-29-35(32-37)33-38(52)31-34/h1-28,34-35,37-38H,29-33H2. The smallest absolute Gasteiger partial charge is 0.0543 e. The number of benzene rings is 7. The number of aromatic nitrogens is 1. The molecule has 1 aromatic heterocycles. The summed E-state index contributed by atoms with van der Waals surface area (Å²) in [5.41, 5.74) is 15.9. The minimum Gasteiger partial charge on any atom is -0.309 e. The summed E-state index contributed by atoms with van der Waals surface area (Å²) in [6, 6.07) is 63.7. The molecule has 260 valence electrons. The number of hydrogen-bond donors (Lipinski definition) is 0. The van der Waals surface area contributed by atoms with Gasteiger partial charge in [-0.15, -0.1) is 0 Å². The van der Waals surface area contributed by atoms with Crippen LogP contribution < -0.4 is 4.90 Å². The van der Waals surface area contributed by atoms with E-state index in [9.17, 15) is 0 Å². The number of fused-ring (bicyclic) bond motifs is 6. The third kappa shape index (κ3) is 4.17. The highest BCUT2D eigenvalue weighted by Gasteiger charge is 2.61. The second-order valence-corrected chi connectivity index (χ2v) is 16.5.